The van der Waals surface area contributed by atoms with E-state index in [0.29, 0.717) is 41.1 Å². The molecule has 0 aliphatic heterocycles. The van der Waals surface area contributed by atoms with Crippen molar-refractivity contribution in [3.63, 3.8) is 0 Å². The van der Waals surface area contributed by atoms with E-state index in [9.17, 15) is 10.1 Å². The highest BCUT2D eigenvalue weighted by Gasteiger charge is 2.26. The number of aryl methyl sites for hydroxylation is 1. The monoisotopic (exact) mass is 710 g/mol. The second-order valence-electron chi connectivity index (χ2n) is 13.1. The van der Waals surface area contributed by atoms with Gasteiger partial charge in [0.05, 0.1) is 22.1 Å². The minimum Gasteiger partial charge on any atom is -0.487 e. The van der Waals surface area contributed by atoms with Gasteiger partial charge in [0.2, 0.25) is 0 Å². The van der Waals surface area contributed by atoms with E-state index in [0.717, 1.165) is 30.4 Å². The molecule has 0 heterocycles. The summed E-state index contributed by atoms with van der Waals surface area (Å²) in [5, 5.41) is 13.1. The molecule has 8 nitrogen and oxygen atoms in total. The van der Waals surface area contributed by atoms with Gasteiger partial charge in [-0.15, -0.1) is 0 Å². The van der Waals surface area contributed by atoms with Crippen LogP contribution in [0, 0.1) is 24.2 Å². The zero-order valence-electron chi connectivity index (χ0n) is 30.8. The summed E-state index contributed by atoms with van der Waals surface area (Å²) in [5.74, 6) is 2.29. The van der Waals surface area contributed by atoms with Crippen LogP contribution >= 0.6 is 11.6 Å². The van der Waals surface area contributed by atoms with E-state index in [1.807, 2.05) is 49.4 Å². The molecule has 1 atom stereocenters. The molecule has 3 rings (SSSR count). The lowest BCUT2D eigenvalue weighted by molar-refractivity contribution is 0.159. The third-order valence-corrected chi connectivity index (χ3v) is 8.95. The quantitative estimate of drug-likeness (QED) is 0.0587. The molecular formula is C42H51ClN4O4. The molecule has 0 aliphatic carbocycles. The van der Waals surface area contributed by atoms with Gasteiger partial charge in [0.25, 0.3) is 0 Å². The first-order chi connectivity index (χ1) is 24.3. The van der Waals surface area contributed by atoms with Gasteiger partial charge in [-0.05, 0) is 90.4 Å². The van der Waals surface area contributed by atoms with Gasteiger partial charge in [0.1, 0.15) is 30.8 Å². The number of aliphatic imine (C=N–C) groups is 1. The molecule has 3 aromatic rings. The van der Waals surface area contributed by atoms with Crippen LogP contribution in [0.4, 0.5) is 10.5 Å². The lowest BCUT2D eigenvalue weighted by atomic mass is 9.77. The SMILES string of the molecule is C=C/C=C(/COc1ccc(C(C)(C)c2cc(Cl)c(OC(=C)CCOC(=O)Nc3ccc(C)c(CC(C)CC)c3)c(C#N)c2)cc1)N=C(N)CCC. The Morgan fingerprint density at radius 3 is 2.49 bits per heavy atom. The lowest BCUT2D eigenvalue weighted by Crippen LogP contribution is -2.19. The number of amidine groups is 1. The second-order valence-corrected chi connectivity index (χ2v) is 13.5. The molecule has 9 heteroatoms. The van der Waals surface area contributed by atoms with Gasteiger partial charge in [-0.3, -0.25) is 5.32 Å². The Labute approximate surface area is 308 Å². The fraction of sp³-hybridized carbons (Fsp3) is 0.357. The summed E-state index contributed by atoms with van der Waals surface area (Å²) in [4.78, 5) is 16.9. The Hall–Kier alpha value is -5.00. The number of amides is 1. The van der Waals surface area contributed by atoms with E-state index in [1.54, 1.807) is 24.3 Å². The Kier molecular flexibility index (Phi) is 15.4. The predicted molar refractivity (Wildman–Crippen MR) is 209 cm³/mol. The van der Waals surface area contributed by atoms with Crippen molar-refractivity contribution >= 4 is 29.2 Å². The number of ether oxygens (including phenoxy) is 3. The molecule has 0 saturated carbocycles. The van der Waals surface area contributed by atoms with E-state index in [1.165, 1.54) is 11.1 Å². The number of allylic oxidation sites excluding steroid dienone is 2. The maximum atomic E-state index is 12.5. The van der Waals surface area contributed by atoms with E-state index in [-0.39, 0.29) is 36.0 Å². The highest BCUT2D eigenvalue weighted by molar-refractivity contribution is 6.32. The van der Waals surface area contributed by atoms with Crippen LogP contribution in [0.5, 0.6) is 11.5 Å². The number of nitriles is 1. The van der Waals surface area contributed by atoms with Crippen molar-refractivity contribution in [1.29, 1.82) is 5.26 Å². The second kappa shape index (κ2) is 19.4. The van der Waals surface area contributed by atoms with E-state index < -0.39 is 11.5 Å². The van der Waals surface area contributed by atoms with Crippen LogP contribution in [0.1, 0.15) is 88.1 Å². The average molecular weight is 711 g/mol. The first kappa shape index (κ1) is 40.4. The van der Waals surface area contributed by atoms with Gasteiger partial charge in [-0.2, -0.15) is 5.26 Å². The third-order valence-electron chi connectivity index (χ3n) is 8.67. The summed E-state index contributed by atoms with van der Waals surface area (Å²) < 4.78 is 17.3. The molecule has 270 valence electrons. The normalized spacial score (nSPS) is 12.4. The summed E-state index contributed by atoms with van der Waals surface area (Å²) in [6.07, 6.45) is 6.73. The summed E-state index contributed by atoms with van der Waals surface area (Å²) in [6.45, 7) is 20.6. The number of carbonyl (C=O) groups excluding carboxylic acids is 1. The number of nitrogens with two attached hydrogens (primary N) is 1. The molecule has 0 aliphatic rings. The molecule has 0 fully saturated rings. The first-order valence-electron chi connectivity index (χ1n) is 17.3. The van der Waals surface area contributed by atoms with E-state index in [4.69, 9.17) is 31.5 Å². The zero-order chi connectivity index (χ0) is 37.6. The van der Waals surface area contributed by atoms with Gasteiger partial charge >= 0.3 is 6.09 Å². The molecular weight excluding hydrogens is 660 g/mol. The minimum atomic E-state index is -0.570. The Morgan fingerprint density at radius 2 is 1.84 bits per heavy atom. The van der Waals surface area contributed by atoms with Crippen LogP contribution in [0.15, 0.2) is 96.4 Å². The van der Waals surface area contributed by atoms with Crippen molar-refractivity contribution in [2.75, 3.05) is 18.5 Å². The summed E-state index contributed by atoms with van der Waals surface area (Å²) >= 11 is 6.70. The number of benzene rings is 3. The summed E-state index contributed by atoms with van der Waals surface area (Å²) in [5.41, 5.74) is 11.3. The van der Waals surface area contributed by atoms with Crippen molar-refractivity contribution in [3.8, 4) is 17.6 Å². The maximum absolute atomic E-state index is 12.5. The van der Waals surface area contributed by atoms with Gasteiger partial charge in [-0.1, -0.05) is 90.1 Å². The van der Waals surface area contributed by atoms with Gasteiger partial charge in [0.15, 0.2) is 5.75 Å². The Balaban J connectivity index is 1.61. The molecule has 0 aromatic heterocycles. The van der Waals surface area contributed by atoms with Gasteiger partial charge in [0, 0.05) is 23.9 Å². The number of carbonyl (C=O) groups is 1. The number of nitrogens with one attached hydrogen (secondary N) is 1. The average Bonchev–Trinajstić information content (AvgIpc) is 3.09. The number of rotatable bonds is 18. The van der Waals surface area contributed by atoms with Crippen LogP contribution in [-0.2, 0) is 16.6 Å². The van der Waals surface area contributed by atoms with Crippen LogP contribution in [-0.4, -0.2) is 25.1 Å². The largest absolute Gasteiger partial charge is 0.487 e. The zero-order valence-corrected chi connectivity index (χ0v) is 31.5. The summed E-state index contributed by atoms with van der Waals surface area (Å²) in [7, 11) is 0. The molecule has 51 heavy (non-hydrogen) atoms. The van der Waals surface area contributed by atoms with Crippen molar-refractivity contribution in [1.82, 2.24) is 0 Å². The summed E-state index contributed by atoms with van der Waals surface area (Å²) in [6, 6.07) is 19.4. The molecule has 0 spiro atoms. The number of halogens is 1. The van der Waals surface area contributed by atoms with Crippen LogP contribution in [0.3, 0.4) is 0 Å². The van der Waals surface area contributed by atoms with Crippen molar-refractivity contribution in [3.05, 3.63) is 124 Å². The number of hydrogen-bond acceptors (Lipinski definition) is 6. The number of hydrogen-bond donors (Lipinski definition) is 2. The fourth-order valence-corrected chi connectivity index (χ4v) is 5.54. The lowest BCUT2D eigenvalue weighted by Gasteiger charge is -2.27. The molecule has 1 unspecified atom stereocenters. The predicted octanol–water partition coefficient (Wildman–Crippen LogP) is 10.6. The molecule has 0 radical (unpaired) electrons. The maximum Gasteiger partial charge on any atom is 0.411 e. The van der Waals surface area contributed by atoms with Crippen LogP contribution in [0.2, 0.25) is 5.02 Å². The van der Waals surface area contributed by atoms with Crippen molar-refractivity contribution in [2.24, 2.45) is 16.6 Å². The molecule has 3 N–H and O–H groups in total. The Bertz CT molecular complexity index is 1790. The molecule has 3 aromatic carbocycles. The molecule has 0 saturated heterocycles. The van der Waals surface area contributed by atoms with Gasteiger partial charge < -0.3 is 19.9 Å². The van der Waals surface area contributed by atoms with Crippen LogP contribution < -0.4 is 20.5 Å². The fourth-order valence-electron chi connectivity index (χ4n) is 5.28. The minimum absolute atomic E-state index is 0.0343. The standard InChI is InChI=1S/C42H51ClN4O4/c1-9-12-36(46-39(45)13-10-2)27-50-37-18-15-33(16-19-37)42(7,8)34-23-32(26-44)40(38(43)25-34)51-30(6)20-21-49-41(48)47-35-17-14-29(5)31(24-35)22-28(4)11-3/h9,12,14-19,23-25,28H,1,6,10-11,13,20-22,27H2,2-5,7-8H3,(H2,45,46)(H,47,48)/b36-12-. The third kappa shape index (κ3) is 12.1. The first-order valence-corrected chi connectivity index (χ1v) is 17.7. The molecule has 0 bridgehead atoms. The Morgan fingerprint density at radius 1 is 1.12 bits per heavy atom. The molecule has 1 amide bonds. The number of anilines is 1. The van der Waals surface area contributed by atoms with Crippen LogP contribution in [0.25, 0.3) is 0 Å². The highest BCUT2D eigenvalue weighted by Crippen LogP contribution is 2.39. The van der Waals surface area contributed by atoms with Gasteiger partial charge in [-0.25, -0.2) is 9.79 Å². The highest BCUT2D eigenvalue weighted by atomic mass is 35.5. The van der Waals surface area contributed by atoms with Crippen molar-refractivity contribution < 1.29 is 19.0 Å². The van der Waals surface area contributed by atoms with Crippen molar-refractivity contribution in [2.45, 2.75) is 79.1 Å². The van der Waals surface area contributed by atoms with E-state index in [2.05, 4.69) is 64.2 Å². The smallest absolute Gasteiger partial charge is 0.411 e. The topological polar surface area (TPSA) is 119 Å². The van der Waals surface area contributed by atoms with E-state index >= 15 is 0 Å². The number of nitrogens with zero attached hydrogens (tertiary/aromatic N) is 2.